The van der Waals surface area contributed by atoms with Crippen LogP contribution >= 0.6 is 11.3 Å². The molecule has 0 radical (unpaired) electrons. The first kappa shape index (κ1) is 15.9. The Kier molecular flexibility index (Phi) is 4.88. The van der Waals surface area contributed by atoms with Crippen molar-refractivity contribution in [3.8, 4) is 18.1 Å². The first-order valence-corrected chi connectivity index (χ1v) is 8.98. The van der Waals surface area contributed by atoms with Crippen LogP contribution in [0.15, 0.2) is 40.8 Å². The van der Waals surface area contributed by atoms with Crippen molar-refractivity contribution < 1.29 is 9.53 Å². The van der Waals surface area contributed by atoms with Crippen LogP contribution in [0.4, 0.5) is 0 Å². The van der Waals surface area contributed by atoms with Crippen LogP contribution in [-0.4, -0.2) is 29.4 Å². The lowest BCUT2D eigenvalue weighted by Gasteiger charge is -2.43. The van der Waals surface area contributed by atoms with Gasteiger partial charge in [0.2, 0.25) is 0 Å². The number of nitrogens with zero attached hydrogens (tertiary/aromatic N) is 1. The summed E-state index contributed by atoms with van der Waals surface area (Å²) in [5.41, 5.74) is 0.533. The Bertz CT molecular complexity index is 645. The van der Waals surface area contributed by atoms with Crippen LogP contribution in [0, 0.1) is 12.3 Å². The Labute approximate surface area is 141 Å². The molecule has 1 aliphatic carbocycles. The summed E-state index contributed by atoms with van der Waals surface area (Å²) in [5, 5.41) is 3.83. The Hall–Kier alpha value is -1.99. The fraction of sp³-hybridized carbons (Fsp3) is 0.421. The van der Waals surface area contributed by atoms with Gasteiger partial charge in [-0.3, -0.25) is 4.79 Å². The molecule has 0 spiro atoms. The summed E-state index contributed by atoms with van der Waals surface area (Å²) in [4.78, 5) is 14.6. The van der Waals surface area contributed by atoms with Crippen LogP contribution in [0.25, 0.3) is 0 Å². The molecule has 0 bridgehead atoms. The summed E-state index contributed by atoms with van der Waals surface area (Å²) in [6.07, 6.45) is 17.3. The molecule has 4 heteroatoms. The zero-order valence-electron chi connectivity index (χ0n) is 13.2. The number of carbonyl (C=O) groups is 1. The van der Waals surface area contributed by atoms with Gasteiger partial charge in [0.05, 0.1) is 0 Å². The maximum Gasteiger partial charge on any atom is 0.197 e. The van der Waals surface area contributed by atoms with E-state index in [0.717, 1.165) is 37.0 Å². The lowest BCUT2D eigenvalue weighted by molar-refractivity contribution is -0.117. The molecule has 0 unspecified atom stereocenters. The van der Waals surface area contributed by atoms with Crippen LogP contribution in [-0.2, 0) is 4.79 Å². The molecule has 0 amide bonds. The number of thiophene rings is 1. The highest BCUT2D eigenvalue weighted by Crippen LogP contribution is 2.35. The summed E-state index contributed by atoms with van der Waals surface area (Å²) in [7, 11) is 0. The van der Waals surface area contributed by atoms with Crippen LogP contribution in [0.3, 0.4) is 0 Å². The molecular formula is C19H21NO2S. The van der Waals surface area contributed by atoms with E-state index in [1.165, 1.54) is 6.42 Å². The third kappa shape index (κ3) is 3.51. The first-order chi connectivity index (χ1) is 11.2. The lowest BCUT2D eigenvalue weighted by atomic mass is 9.80. The fourth-order valence-electron chi connectivity index (χ4n) is 3.25. The zero-order valence-corrected chi connectivity index (χ0v) is 14.0. The van der Waals surface area contributed by atoms with E-state index in [2.05, 4.69) is 10.8 Å². The largest absolute Gasteiger partial charge is 0.485 e. The van der Waals surface area contributed by atoms with E-state index in [1.807, 2.05) is 35.2 Å². The molecule has 3 rings (SSSR count). The summed E-state index contributed by atoms with van der Waals surface area (Å²) in [6, 6.07) is 1.87. The van der Waals surface area contributed by atoms with Crippen molar-refractivity contribution in [3.63, 3.8) is 0 Å². The van der Waals surface area contributed by atoms with Crippen molar-refractivity contribution in [3.05, 3.63) is 40.8 Å². The SMILES string of the molecule is C#CC1(N2C=CC=C(C(=O)COc3ccsc3)C2)CCCCC1. The molecule has 120 valence electrons. The standard InChI is InChI=1S/C19H21NO2S/c1-2-19(9-4-3-5-10-19)20-11-6-7-16(13-20)18(21)14-22-17-8-12-23-15-17/h1,6-8,11-12,15H,3-5,9-10,13-14H2. The molecule has 3 nitrogen and oxygen atoms in total. The molecule has 23 heavy (non-hydrogen) atoms. The second-order valence-corrected chi connectivity index (χ2v) is 6.85. The van der Waals surface area contributed by atoms with Gasteiger partial charge in [-0.2, -0.15) is 0 Å². The molecule has 2 aliphatic rings. The molecular weight excluding hydrogens is 306 g/mol. The molecule has 1 aromatic heterocycles. The highest BCUT2D eigenvalue weighted by atomic mass is 32.1. The van der Waals surface area contributed by atoms with Gasteiger partial charge in [0.15, 0.2) is 12.4 Å². The van der Waals surface area contributed by atoms with Gasteiger partial charge in [-0.1, -0.05) is 31.3 Å². The molecule has 1 saturated carbocycles. The molecule has 1 fully saturated rings. The van der Waals surface area contributed by atoms with Gasteiger partial charge in [0.1, 0.15) is 11.3 Å². The second-order valence-electron chi connectivity index (χ2n) is 6.07. The average molecular weight is 327 g/mol. The Morgan fingerprint density at radius 1 is 1.39 bits per heavy atom. The van der Waals surface area contributed by atoms with Crippen molar-refractivity contribution in [2.24, 2.45) is 0 Å². The van der Waals surface area contributed by atoms with E-state index < -0.39 is 0 Å². The average Bonchev–Trinajstić information content (AvgIpc) is 3.14. The normalized spacial score (nSPS) is 19.8. The Morgan fingerprint density at radius 2 is 2.22 bits per heavy atom. The van der Waals surface area contributed by atoms with Crippen molar-refractivity contribution in [1.29, 1.82) is 0 Å². The number of hydrogen-bond donors (Lipinski definition) is 0. The smallest absolute Gasteiger partial charge is 0.197 e. The van der Waals surface area contributed by atoms with Crippen molar-refractivity contribution >= 4 is 17.1 Å². The summed E-state index contributed by atoms with van der Waals surface area (Å²) < 4.78 is 5.53. The molecule has 2 heterocycles. The number of rotatable bonds is 5. The van der Waals surface area contributed by atoms with Crippen LogP contribution in [0.1, 0.15) is 32.1 Å². The lowest BCUT2D eigenvalue weighted by Crippen LogP contribution is -2.48. The quantitative estimate of drug-likeness (QED) is 0.771. The van der Waals surface area contributed by atoms with Gasteiger partial charge in [-0.05, 0) is 30.4 Å². The van der Waals surface area contributed by atoms with E-state index >= 15 is 0 Å². The minimum Gasteiger partial charge on any atom is -0.485 e. The molecule has 0 atom stereocenters. The number of terminal acetylenes is 1. The monoisotopic (exact) mass is 327 g/mol. The predicted octanol–water partition coefficient (Wildman–Crippen LogP) is 3.79. The van der Waals surface area contributed by atoms with E-state index in [1.54, 1.807) is 11.3 Å². The van der Waals surface area contributed by atoms with Gasteiger partial charge >= 0.3 is 0 Å². The minimum absolute atomic E-state index is 0.0218. The number of allylic oxidation sites excluding steroid dienone is 2. The summed E-state index contributed by atoms with van der Waals surface area (Å²) >= 11 is 1.56. The molecule has 1 aromatic rings. The highest BCUT2D eigenvalue weighted by Gasteiger charge is 2.36. The number of ether oxygens (including phenoxy) is 1. The maximum absolute atomic E-state index is 12.4. The molecule has 1 aliphatic heterocycles. The van der Waals surface area contributed by atoms with Gasteiger partial charge in [0, 0.05) is 23.7 Å². The van der Waals surface area contributed by atoms with Crippen LogP contribution in [0.5, 0.6) is 5.75 Å². The number of Topliss-reactive ketones (excluding diaryl/α,β-unsaturated/α-hetero) is 1. The Morgan fingerprint density at radius 3 is 2.91 bits per heavy atom. The van der Waals surface area contributed by atoms with Gasteiger partial charge in [-0.15, -0.1) is 17.8 Å². The predicted molar refractivity (Wildman–Crippen MR) is 93.4 cm³/mol. The third-order valence-corrected chi connectivity index (χ3v) is 5.29. The van der Waals surface area contributed by atoms with Crippen LogP contribution < -0.4 is 4.74 Å². The van der Waals surface area contributed by atoms with Gasteiger partial charge < -0.3 is 9.64 Å². The second kappa shape index (κ2) is 7.06. The van der Waals surface area contributed by atoms with Gasteiger partial charge in [0.25, 0.3) is 0 Å². The van der Waals surface area contributed by atoms with Crippen molar-refractivity contribution in [1.82, 2.24) is 4.90 Å². The van der Waals surface area contributed by atoms with E-state index in [4.69, 9.17) is 11.2 Å². The minimum atomic E-state index is -0.233. The third-order valence-electron chi connectivity index (χ3n) is 4.63. The maximum atomic E-state index is 12.4. The van der Waals surface area contributed by atoms with E-state index in [9.17, 15) is 4.79 Å². The number of carbonyl (C=O) groups excluding carboxylic acids is 1. The van der Waals surface area contributed by atoms with E-state index in [-0.39, 0.29) is 17.9 Å². The van der Waals surface area contributed by atoms with Crippen molar-refractivity contribution in [2.75, 3.05) is 13.2 Å². The number of ketones is 1. The Balaban J connectivity index is 1.63. The summed E-state index contributed by atoms with van der Waals surface area (Å²) in [5.74, 6) is 3.78. The topological polar surface area (TPSA) is 29.5 Å². The molecule has 0 saturated heterocycles. The number of hydrogen-bond acceptors (Lipinski definition) is 4. The highest BCUT2D eigenvalue weighted by molar-refractivity contribution is 7.08. The molecule has 0 N–H and O–H groups in total. The first-order valence-electron chi connectivity index (χ1n) is 8.04. The van der Waals surface area contributed by atoms with E-state index in [0.29, 0.717) is 6.54 Å². The molecule has 0 aromatic carbocycles. The zero-order chi connectivity index (χ0) is 16.1. The summed E-state index contributed by atoms with van der Waals surface area (Å²) in [6.45, 7) is 0.653. The van der Waals surface area contributed by atoms with Crippen molar-refractivity contribution in [2.45, 2.75) is 37.6 Å². The van der Waals surface area contributed by atoms with Crippen LogP contribution in [0.2, 0.25) is 0 Å². The fourth-order valence-corrected chi connectivity index (χ4v) is 3.83. The van der Waals surface area contributed by atoms with Gasteiger partial charge in [-0.25, -0.2) is 0 Å².